The number of hydrogen-bond donors (Lipinski definition) is 0. The van der Waals surface area contributed by atoms with E-state index >= 15 is 0 Å². The number of aromatic nitrogens is 2. The van der Waals surface area contributed by atoms with E-state index in [-0.39, 0.29) is 5.97 Å². The Kier molecular flexibility index (Phi) is 4.81. The van der Waals surface area contributed by atoms with Gasteiger partial charge in [0.05, 0.1) is 13.4 Å². The third kappa shape index (κ3) is 6.57. The molecule has 0 amide bonds. The molecule has 1 aromatic heterocycles. The molecular formula is C7H12N2O2. The second-order valence-electron chi connectivity index (χ2n) is 1.92. The van der Waals surface area contributed by atoms with E-state index in [0.29, 0.717) is 0 Å². The molecule has 1 heterocycles. The van der Waals surface area contributed by atoms with Gasteiger partial charge in [-0.1, -0.05) is 0 Å². The van der Waals surface area contributed by atoms with E-state index in [9.17, 15) is 4.79 Å². The predicted octanol–water partition coefficient (Wildman–Crippen LogP) is 0.599. The molecule has 0 saturated carbocycles. The molecule has 0 aromatic carbocycles. The van der Waals surface area contributed by atoms with Crippen molar-refractivity contribution in [3.8, 4) is 0 Å². The van der Waals surface area contributed by atoms with E-state index in [1.54, 1.807) is 12.5 Å². The first-order valence-corrected chi connectivity index (χ1v) is 3.13. The molecule has 0 aliphatic rings. The van der Waals surface area contributed by atoms with E-state index < -0.39 is 0 Å². The maximum absolute atomic E-state index is 9.59. The number of esters is 1. The minimum absolute atomic E-state index is 0.245. The Bertz CT molecular complexity index is 194. The van der Waals surface area contributed by atoms with Gasteiger partial charge in [0, 0.05) is 26.4 Å². The summed E-state index contributed by atoms with van der Waals surface area (Å²) in [5.74, 6) is -0.245. The number of methoxy groups -OCH3 is 1. The Hall–Kier alpha value is -1.32. The Labute approximate surface area is 65.8 Å². The van der Waals surface area contributed by atoms with Crippen molar-refractivity contribution in [3.05, 3.63) is 18.7 Å². The van der Waals surface area contributed by atoms with Crippen molar-refractivity contribution in [1.82, 2.24) is 9.55 Å². The normalized spacial score (nSPS) is 7.91. The van der Waals surface area contributed by atoms with Crippen molar-refractivity contribution in [1.29, 1.82) is 0 Å². The summed E-state index contributed by atoms with van der Waals surface area (Å²) in [6, 6.07) is 0. The van der Waals surface area contributed by atoms with E-state index in [2.05, 4.69) is 9.72 Å². The Balaban J connectivity index is 0.000000187. The highest BCUT2D eigenvalue weighted by Crippen LogP contribution is 1.73. The van der Waals surface area contributed by atoms with E-state index in [4.69, 9.17) is 0 Å². The molecule has 0 N–H and O–H groups in total. The molecule has 11 heavy (non-hydrogen) atoms. The van der Waals surface area contributed by atoms with Gasteiger partial charge in [0.25, 0.3) is 0 Å². The number of carbonyl (C=O) groups is 1. The first-order valence-electron chi connectivity index (χ1n) is 3.13. The Morgan fingerprint density at radius 3 is 2.27 bits per heavy atom. The van der Waals surface area contributed by atoms with Gasteiger partial charge in [0.15, 0.2) is 0 Å². The van der Waals surface area contributed by atoms with E-state index in [1.807, 2.05) is 17.8 Å². The van der Waals surface area contributed by atoms with Crippen LogP contribution in [0.15, 0.2) is 18.7 Å². The van der Waals surface area contributed by atoms with Crippen LogP contribution in [0.2, 0.25) is 0 Å². The number of hydrogen-bond acceptors (Lipinski definition) is 3. The minimum Gasteiger partial charge on any atom is -0.469 e. The van der Waals surface area contributed by atoms with Gasteiger partial charge in [0.1, 0.15) is 0 Å². The average molecular weight is 156 g/mol. The largest absolute Gasteiger partial charge is 0.469 e. The van der Waals surface area contributed by atoms with Crippen LogP contribution in [0, 0.1) is 0 Å². The Morgan fingerprint density at radius 2 is 2.18 bits per heavy atom. The van der Waals surface area contributed by atoms with Crippen LogP contribution >= 0.6 is 0 Å². The second kappa shape index (κ2) is 5.46. The fraction of sp³-hybridized carbons (Fsp3) is 0.429. The van der Waals surface area contributed by atoms with Crippen LogP contribution in [0.4, 0.5) is 0 Å². The fourth-order valence-corrected chi connectivity index (χ4v) is 0.326. The van der Waals surface area contributed by atoms with Crippen LogP contribution in [0.5, 0.6) is 0 Å². The van der Waals surface area contributed by atoms with Gasteiger partial charge in [-0.3, -0.25) is 4.79 Å². The molecule has 0 saturated heterocycles. The average Bonchev–Trinajstić information content (AvgIpc) is 2.41. The highest BCUT2D eigenvalue weighted by molar-refractivity contribution is 5.65. The summed E-state index contributed by atoms with van der Waals surface area (Å²) in [6.07, 6.45) is 5.39. The zero-order valence-electron chi connectivity index (χ0n) is 6.94. The third-order valence-corrected chi connectivity index (χ3v) is 0.924. The fourth-order valence-electron chi connectivity index (χ4n) is 0.326. The summed E-state index contributed by atoms with van der Waals surface area (Å²) in [6.45, 7) is 1.36. The van der Waals surface area contributed by atoms with Crippen LogP contribution in [-0.4, -0.2) is 22.6 Å². The van der Waals surface area contributed by atoms with Crippen LogP contribution in [0.25, 0.3) is 0 Å². The second-order valence-corrected chi connectivity index (χ2v) is 1.92. The van der Waals surface area contributed by atoms with Gasteiger partial charge in [-0.2, -0.15) is 0 Å². The first kappa shape index (κ1) is 9.68. The summed E-state index contributed by atoms with van der Waals surface area (Å²) in [5.41, 5.74) is 0. The summed E-state index contributed by atoms with van der Waals surface area (Å²) >= 11 is 0. The molecule has 0 atom stereocenters. The molecule has 0 fully saturated rings. The van der Waals surface area contributed by atoms with Crippen LogP contribution in [0.3, 0.4) is 0 Å². The molecule has 0 radical (unpaired) electrons. The summed E-state index contributed by atoms with van der Waals surface area (Å²) < 4.78 is 6.00. The third-order valence-electron chi connectivity index (χ3n) is 0.924. The highest BCUT2D eigenvalue weighted by Gasteiger charge is 1.75. The van der Waals surface area contributed by atoms with E-state index in [1.165, 1.54) is 14.0 Å². The molecule has 62 valence electrons. The van der Waals surface area contributed by atoms with Gasteiger partial charge in [0.2, 0.25) is 0 Å². The molecule has 0 aliphatic heterocycles. The lowest BCUT2D eigenvalue weighted by molar-refractivity contribution is -0.137. The first-order chi connectivity index (χ1) is 5.16. The van der Waals surface area contributed by atoms with Crippen LogP contribution < -0.4 is 0 Å². The van der Waals surface area contributed by atoms with Crippen molar-refractivity contribution >= 4 is 5.97 Å². The topological polar surface area (TPSA) is 44.1 Å². The Morgan fingerprint density at radius 1 is 1.64 bits per heavy atom. The van der Waals surface area contributed by atoms with Gasteiger partial charge >= 0.3 is 5.97 Å². The van der Waals surface area contributed by atoms with Crippen LogP contribution in [0.1, 0.15) is 6.92 Å². The number of ether oxygens (including phenoxy) is 1. The standard InChI is InChI=1S/C4H6N2.C3H6O2/c1-6-3-2-5-4-6;1-3(4)5-2/h2-4H,1H3;1-2H3. The molecule has 0 unspecified atom stereocenters. The molecule has 4 heteroatoms. The van der Waals surface area contributed by atoms with Gasteiger partial charge in [-0.05, 0) is 0 Å². The summed E-state index contributed by atoms with van der Waals surface area (Å²) in [7, 11) is 3.29. The van der Waals surface area contributed by atoms with Crippen LogP contribution in [-0.2, 0) is 16.6 Å². The van der Waals surface area contributed by atoms with Gasteiger partial charge < -0.3 is 9.30 Å². The maximum atomic E-state index is 9.59. The summed E-state index contributed by atoms with van der Waals surface area (Å²) in [5, 5.41) is 0. The molecule has 0 spiro atoms. The maximum Gasteiger partial charge on any atom is 0.302 e. The summed E-state index contributed by atoms with van der Waals surface area (Å²) in [4.78, 5) is 13.4. The number of nitrogens with zero attached hydrogens (tertiary/aromatic N) is 2. The van der Waals surface area contributed by atoms with Crippen molar-refractivity contribution in [2.45, 2.75) is 6.92 Å². The van der Waals surface area contributed by atoms with Gasteiger partial charge in [-0.15, -0.1) is 0 Å². The lowest BCUT2D eigenvalue weighted by atomic mass is 10.8. The lowest BCUT2D eigenvalue weighted by Gasteiger charge is -1.80. The van der Waals surface area contributed by atoms with Gasteiger partial charge in [-0.25, -0.2) is 4.98 Å². The highest BCUT2D eigenvalue weighted by atomic mass is 16.5. The molecule has 1 aromatic rings. The smallest absolute Gasteiger partial charge is 0.302 e. The minimum atomic E-state index is -0.245. The predicted molar refractivity (Wildman–Crippen MR) is 40.9 cm³/mol. The van der Waals surface area contributed by atoms with Crippen molar-refractivity contribution < 1.29 is 9.53 Å². The van der Waals surface area contributed by atoms with Crippen molar-refractivity contribution in [3.63, 3.8) is 0 Å². The number of imidazole rings is 1. The van der Waals surface area contributed by atoms with Crippen molar-refractivity contribution in [2.75, 3.05) is 7.11 Å². The van der Waals surface area contributed by atoms with Crippen molar-refractivity contribution in [2.24, 2.45) is 7.05 Å². The molecule has 4 nitrogen and oxygen atoms in total. The molecule has 0 aliphatic carbocycles. The molecular weight excluding hydrogens is 144 g/mol. The quantitative estimate of drug-likeness (QED) is 0.516. The zero-order chi connectivity index (χ0) is 8.69. The lowest BCUT2D eigenvalue weighted by Crippen LogP contribution is -1.88. The van der Waals surface area contributed by atoms with E-state index in [0.717, 1.165) is 0 Å². The molecule has 0 bridgehead atoms. The zero-order valence-corrected chi connectivity index (χ0v) is 6.94. The number of rotatable bonds is 0. The monoisotopic (exact) mass is 156 g/mol. The number of carbonyl (C=O) groups excluding carboxylic acids is 1. The SMILES string of the molecule is COC(C)=O.Cn1ccnc1. The molecule has 1 rings (SSSR count). The number of aryl methyl sites for hydroxylation is 1.